The van der Waals surface area contributed by atoms with Crippen LogP contribution in [0, 0.1) is 5.95 Å². The molecule has 184 valence electrons. The normalized spacial score (nSPS) is 13.9. The molecule has 4 aromatic heterocycles. The molecule has 0 saturated carbocycles. The van der Waals surface area contributed by atoms with Crippen molar-refractivity contribution in [2.24, 2.45) is 0 Å². The van der Waals surface area contributed by atoms with Gasteiger partial charge in [0.05, 0.1) is 13.2 Å². The summed E-state index contributed by atoms with van der Waals surface area (Å²) in [5.41, 5.74) is 4.13. The van der Waals surface area contributed by atoms with Crippen LogP contribution in [0.1, 0.15) is 0 Å². The summed E-state index contributed by atoms with van der Waals surface area (Å²) in [7, 11) is 3.85. The van der Waals surface area contributed by atoms with E-state index < -0.39 is 5.95 Å². The molecule has 0 spiro atoms. The number of pyridine rings is 3. The number of carbonyl (C=O) groups is 1. The van der Waals surface area contributed by atoms with Crippen LogP contribution < -0.4 is 10.1 Å². The van der Waals surface area contributed by atoms with Gasteiger partial charge in [-0.05, 0) is 37.9 Å². The molecule has 10 heteroatoms. The largest absolute Gasteiger partial charge is 0.468 e. The van der Waals surface area contributed by atoms with Crippen molar-refractivity contribution in [2.75, 3.05) is 39.2 Å². The third-order valence-electron chi connectivity index (χ3n) is 5.64. The lowest BCUT2D eigenvalue weighted by Crippen LogP contribution is -2.39. The minimum Gasteiger partial charge on any atom is -0.468 e. The molecule has 0 unspecified atom stereocenters. The Bertz CT molecular complexity index is 1430. The van der Waals surface area contributed by atoms with Gasteiger partial charge < -0.3 is 24.7 Å². The number of H-pyrrole nitrogens is 1. The van der Waals surface area contributed by atoms with E-state index in [9.17, 15) is 9.18 Å². The highest BCUT2D eigenvalue weighted by molar-refractivity contribution is 6.01. The smallest absolute Gasteiger partial charge is 0.248 e. The highest BCUT2D eigenvalue weighted by Gasteiger charge is 2.23. The van der Waals surface area contributed by atoms with Crippen LogP contribution in [0.15, 0.2) is 61.2 Å². The summed E-state index contributed by atoms with van der Waals surface area (Å²) in [6.45, 7) is 1.60. The first-order valence-electron chi connectivity index (χ1n) is 11.4. The van der Waals surface area contributed by atoms with E-state index in [0.29, 0.717) is 42.5 Å². The Labute approximate surface area is 207 Å². The van der Waals surface area contributed by atoms with Crippen LogP contribution in [0.5, 0.6) is 5.88 Å². The maximum atomic E-state index is 13.7. The second-order valence-corrected chi connectivity index (χ2v) is 8.70. The SMILES string of the molecule is CN(C)C/C=C/C(=O)Nc1cc(-c2cnc3[nH]cc(-c4ccnc(F)c4)c3c2)cnc1OC1COC1. The summed E-state index contributed by atoms with van der Waals surface area (Å²) in [4.78, 5) is 30.3. The number of aromatic nitrogens is 4. The van der Waals surface area contributed by atoms with Crippen molar-refractivity contribution in [3.63, 3.8) is 0 Å². The van der Waals surface area contributed by atoms with Gasteiger partial charge in [0.2, 0.25) is 17.7 Å². The minimum atomic E-state index is -0.553. The maximum absolute atomic E-state index is 13.7. The number of anilines is 1. The zero-order chi connectivity index (χ0) is 25.1. The Morgan fingerprint density at radius 1 is 1.19 bits per heavy atom. The molecular formula is C26H25FN6O3. The van der Waals surface area contributed by atoms with Gasteiger partial charge in [-0.25, -0.2) is 15.0 Å². The second kappa shape index (κ2) is 10.2. The molecule has 1 saturated heterocycles. The third-order valence-corrected chi connectivity index (χ3v) is 5.64. The molecule has 0 radical (unpaired) electrons. The van der Waals surface area contributed by atoms with E-state index in [1.54, 1.807) is 36.8 Å². The molecule has 1 fully saturated rings. The predicted octanol–water partition coefficient (Wildman–Crippen LogP) is 3.66. The molecule has 5 rings (SSSR count). The van der Waals surface area contributed by atoms with Gasteiger partial charge in [0.15, 0.2) is 0 Å². The number of rotatable bonds is 8. The van der Waals surface area contributed by atoms with Crippen molar-refractivity contribution in [2.45, 2.75) is 6.10 Å². The lowest BCUT2D eigenvalue weighted by Gasteiger charge is -2.27. The molecule has 5 heterocycles. The van der Waals surface area contributed by atoms with Crippen LogP contribution in [-0.4, -0.2) is 70.7 Å². The first-order valence-corrected chi connectivity index (χ1v) is 11.4. The summed E-state index contributed by atoms with van der Waals surface area (Å²) < 4.78 is 24.8. The predicted molar refractivity (Wildman–Crippen MR) is 134 cm³/mol. The Kier molecular flexibility index (Phi) is 6.70. The van der Waals surface area contributed by atoms with Crippen molar-refractivity contribution in [3.05, 3.63) is 67.2 Å². The Morgan fingerprint density at radius 2 is 2.00 bits per heavy atom. The maximum Gasteiger partial charge on any atom is 0.248 e. The molecule has 0 aliphatic carbocycles. The average Bonchev–Trinajstić information content (AvgIpc) is 3.25. The van der Waals surface area contributed by atoms with Gasteiger partial charge >= 0.3 is 0 Å². The number of ether oxygens (including phenoxy) is 2. The number of amides is 1. The molecule has 0 atom stereocenters. The molecule has 0 bridgehead atoms. The number of halogens is 1. The number of fused-ring (bicyclic) bond motifs is 1. The number of nitrogens with zero attached hydrogens (tertiary/aromatic N) is 4. The van der Waals surface area contributed by atoms with Crippen molar-refractivity contribution in [1.82, 2.24) is 24.8 Å². The molecule has 4 aromatic rings. The van der Waals surface area contributed by atoms with E-state index in [0.717, 1.165) is 22.1 Å². The summed E-state index contributed by atoms with van der Waals surface area (Å²) in [5.74, 6) is -0.514. The number of likely N-dealkylation sites (N-methyl/N-ethyl adjacent to an activating group) is 1. The van der Waals surface area contributed by atoms with E-state index in [1.165, 1.54) is 18.3 Å². The molecule has 1 aliphatic heterocycles. The zero-order valence-electron chi connectivity index (χ0n) is 19.9. The molecule has 2 N–H and O–H groups in total. The fourth-order valence-electron chi connectivity index (χ4n) is 3.75. The molecular weight excluding hydrogens is 463 g/mol. The van der Waals surface area contributed by atoms with Gasteiger partial charge in [0.25, 0.3) is 0 Å². The highest BCUT2D eigenvalue weighted by Crippen LogP contribution is 2.33. The van der Waals surface area contributed by atoms with E-state index in [4.69, 9.17) is 9.47 Å². The van der Waals surface area contributed by atoms with Crippen LogP contribution in [-0.2, 0) is 9.53 Å². The molecule has 9 nitrogen and oxygen atoms in total. The first-order chi connectivity index (χ1) is 17.5. The zero-order valence-corrected chi connectivity index (χ0v) is 19.9. The van der Waals surface area contributed by atoms with Crippen molar-refractivity contribution in [1.29, 1.82) is 0 Å². The fraction of sp³-hybridized carbons (Fsp3) is 0.231. The van der Waals surface area contributed by atoms with Crippen LogP contribution in [0.25, 0.3) is 33.3 Å². The highest BCUT2D eigenvalue weighted by atomic mass is 19.1. The van der Waals surface area contributed by atoms with Gasteiger partial charge in [-0.3, -0.25) is 4.79 Å². The molecule has 36 heavy (non-hydrogen) atoms. The average molecular weight is 489 g/mol. The number of hydrogen-bond acceptors (Lipinski definition) is 7. The number of hydrogen-bond donors (Lipinski definition) is 2. The van der Waals surface area contributed by atoms with Crippen LogP contribution in [0.2, 0.25) is 0 Å². The first kappa shape index (κ1) is 23.6. The van der Waals surface area contributed by atoms with E-state index in [-0.39, 0.29) is 12.0 Å². The van der Waals surface area contributed by atoms with Crippen molar-refractivity contribution in [3.8, 4) is 28.1 Å². The van der Waals surface area contributed by atoms with Gasteiger partial charge in [-0.2, -0.15) is 4.39 Å². The summed E-state index contributed by atoms with van der Waals surface area (Å²) in [6, 6.07) is 6.88. The van der Waals surface area contributed by atoms with Crippen LogP contribution in [0.3, 0.4) is 0 Å². The van der Waals surface area contributed by atoms with Crippen LogP contribution >= 0.6 is 0 Å². The Morgan fingerprint density at radius 3 is 2.75 bits per heavy atom. The van der Waals surface area contributed by atoms with E-state index in [1.807, 2.05) is 25.1 Å². The Balaban J connectivity index is 1.48. The minimum absolute atomic E-state index is 0.107. The number of aromatic amines is 1. The fourth-order valence-corrected chi connectivity index (χ4v) is 3.75. The number of carbonyl (C=O) groups excluding carboxylic acids is 1. The second-order valence-electron chi connectivity index (χ2n) is 8.70. The summed E-state index contributed by atoms with van der Waals surface area (Å²) >= 11 is 0. The van der Waals surface area contributed by atoms with Gasteiger partial charge in [0.1, 0.15) is 17.4 Å². The lowest BCUT2D eigenvalue weighted by atomic mass is 10.0. The summed E-state index contributed by atoms with van der Waals surface area (Å²) in [6.07, 6.45) is 9.76. The molecule has 1 amide bonds. The topological polar surface area (TPSA) is 105 Å². The van der Waals surface area contributed by atoms with Crippen molar-refractivity contribution < 1.29 is 18.7 Å². The van der Waals surface area contributed by atoms with E-state index in [2.05, 4.69) is 25.3 Å². The van der Waals surface area contributed by atoms with Gasteiger partial charge in [0, 0.05) is 65.6 Å². The molecule has 0 aromatic carbocycles. The molecule has 1 aliphatic rings. The quantitative estimate of drug-likeness (QED) is 0.288. The van der Waals surface area contributed by atoms with Crippen LogP contribution in [0.4, 0.5) is 10.1 Å². The van der Waals surface area contributed by atoms with E-state index >= 15 is 0 Å². The summed E-state index contributed by atoms with van der Waals surface area (Å²) in [5, 5.41) is 3.70. The number of nitrogens with one attached hydrogen (secondary N) is 2. The lowest BCUT2D eigenvalue weighted by molar-refractivity contribution is -0.112. The van der Waals surface area contributed by atoms with Gasteiger partial charge in [-0.15, -0.1) is 0 Å². The van der Waals surface area contributed by atoms with Crippen molar-refractivity contribution >= 4 is 22.6 Å². The standard InChI is InChI=1S/C26H25FN6O3/c1-33(2)7-3-4-24(34)32-22-9-18(12-31-26(22)36-19-14-35-15-19)17-8-20-21(13-30-25(20)29-11-17)16-5-6-28-23(27)10-16/h3-6,8-13,19H,7,14-15H2,1-2H3,(H,29,30)(H,32,34)/b4-3+. The monoisotopic (exact) mass is 488 g/mol. The Hall–Kier alpha value is -4.15. The third kappa shape index (κ3) is 5.24. The van der Waals surface area contributed by atoms with Gasteiger partial charge in [-0.1, -0.05) is 6.08 Å².